The van der Waals surface area contributed by atoms with Crippen LogP contribution in [0.3, 0.4) is 0 Å². The lowest BCUT2D eigenvalue weighted by molar-refractivity contribution is -0.121. The molecule has 1 amide bonds. The van der Waals surface area contributed by atoms with Crippen LogP contribution in [0.1, 0.15) is 31.4 Å². The van der Waals surface area contributed by atoms with Gasteiger partial charge in [-0.1, -0.05) is 18.9 Å². The molecular weight excluding hydrogens is 254 g/mol. The quantitative estimate of drug-likeness (QED) is 0.882. The molecule has 0 unspecified atom stereocenters. The van der Waals surface area contributed by atoms with Crippen LogP contribution < -0.4 is 5.32 Å². The third-order valence-corrected chi connectivity index (χ3v) is 3.90. The standard InChI is InChI=1S/C15H19N3O2/c19-14(16-11-15(20)6-2-3-7-15)9-12-10-18-8-4-1-5-13(18)17-12/h1,4-5,8,10,20H,2-3,6-7,9,11H2,(H,16,19). The van der Waals surface area contributed by atoms with E-state index in [1.807, 2.05) is 35.0 Å². The van der Waals surface area contributed by atoms with Crippen LogP contribution >= 0.6 is 0 Å². The van der Waals surface area contributed by atoms with E-state index in [1.165, 1.54) is 0 Å². The third kappa shape index (κ3) is 2.82. The number of rotatable bonds is 4. The van der Waals surface area contributed by atoms with Gasteiger partial charge in [-0.3, -0.25) is 4.79 Å². The van der Waals surface area contributed by atoms with Crippen molar-refractivity contribution in [3.63, 3.8) is 0 Å². The normalized spacial score (nSPS) is 17.4. The number of aliphatic hydroxyl groups is 1. The first-order valence-corrected chi connectivity index (χ1v) is 7.06. The molecule has 0 spiro atoms. The summed E-state index contributed by atoms with van der Waals surface area (Å²) in [6.07, 6.45) is 7.66. The Balaban J connectivity index is 1.58. The van der Waals surface area contributed by atoms with Crippen molar-refractivity contribution in [3.05, 3.63) is 36.3 Å². The number of hydrogen-bond acceptors (Lipinski definition) is 3. The Morgan fingerprint density at radius 2 is 2.20 bits per heavy atom. The Hall–Kier alpha value is -1.88. The average Bonchev–Trinajstić information content (AvgIpc) is 3.03. The number of carbonyl (C=O) groups is 1. The van der Waals surface area contributed by atoms with Gasteiger partial charge in [-0.2, -0.15) is 0 Å². The van der Waals surface area contributed by atoms with Gasteiger partial charge in [0.2, 0.25) is 5.91 Å². The van der Waals surface area contributed by atoms with Gasteiger partial charge in [0, 0.05) is 18.9 Å². The molecule has 2 aromatic rings. The fraction of sp³-hybridized carbons (Fsp3) is 0.467. The maximum Gasteiger partial charge on any atom is 0.226 e. The number of fused-ring (bicyclic) bond motifs is 1. The second-order valence-electron chi connectivity index (χ2n) is 5.58. The maximum atomic E-state index is 11.9. The van der Waals surface area contributed by atoms with E-state index in [-0.39, 0.29) is 12.3 Å². The molecular formula is C15H19N3O2. The van der Waals surface area contributed by atoms with Crippen LogP contribution in [0.2, 0.25) is 0 Å². The molecule has 2 aromatic heterocycles. The summed E-state index contributed by atoms with van der Waals surface area (Å²) >= 11 is 0. The predicted octanol–water partition coefficient (Wildman–Crippen LogP) is 1.30. The summed E-state index contributed by atoms with van der Waals surface area (Å²) in [6, 6.07) is 5.75. The van der Waals surface area contributed by atoms with Crippen LogP contribution in [0.5, 0.6) is 0 Å². The molecule has 2 N–H and O–H groups in total. The topological polar surface area (TPSA) is 66.6 Å². The van der Waals surface area contributed by atoms with Gasteiger partial charge >= 0.3 is 0 Å². The lowest BCUT2D eigenvalue weighted by atomic mass is 10.0. The van der Waals surface area contributed by atoms with Gasteiger partial charge in [-0.15, -0.1) is 0 Å². The van der Waals surface area contributed by atoms with Crippen molar-refractivity contribution in [2.75, 3.05) is 6.54 Å². The minimum atomic E-state index is -0.700. The molecule has 0 radical (unpaired) electrons. The number of nitrogens with one attached hydrogen (secondary N) is 1. The van der Waals surface area contributed by atoms with Gasteiger partial charge in [0.1, 0.15) is 5.65 Å². The van der Waals surface area contributed by atoms with Crippen molar-refractivity contribution in [2.24, 2.45) is 0 Å². The Labute approximate surface area is 117 Å². The first kappa shape index (κ1) is 13.1. The predicted molar refractivity (Wildman–Crippen MR) is 75.3 cm³/mol. The number of aromatic nitrogens is 2. The van der Waals surface area contributed by atoms with Gasteiger partial charge in [0.25, 0.3) is 0 Å². The summed E-state index contributed by atoms with van der Waals surface area (Å²) < 4.78 is 1.90. The monoisotopic (exact) mass is 273 g/mol. The Morgan fingerprint density at radius 1 is 1.40 bits per heavy atom. The van der Waals surface area contributed by atoms with Gasteiger partial charge < -0.3 is 14.8 Å². The van der Waals surface area contributed by atoms with Gasteiger partial charge in [0.05, 0.1) is 17.7 Å². The van der Waals surface area contributed by atoms with E-state index >= 15 is 0 Å². The maximum absolute atomic E-state index is 11.9. The van der Waals surface area contributed by atoms with Crippen molar-refractivity contribution >= 4 is 11.6 Å². The number of imidazole rings is 1. The average molecular weight is 273 g/mol. The molecule has 20 heavy (non-hydrogen) atoms. The smallest absolute Gasteiger partial charge is 0.226 e. The van der Waals surface area contributed by atoms with Crippen molar-refractivity contribution in [3.8, 4) is 0 Å². The summed E-state index contributed by atoms with van der Waals surface area (Å²) in [7, 11) is 0. The van der Waals surface area contributed by atoms with Crippen LogP contribution in [0.4, 0.5) is 0 Å². The highest BCUT2D eigenvalue weighted by atomic mass is 16.3. The Morgan fingerprint density at radius 3 is 2.95 bits per heavy atom. The molecule has 106 valence electrons. The van der Waals surface area contributed by atoms with E-state index in [1.54, 1.807) is 0 Å². The van der Waals surface area contributed by atoms with Crippen molar-refractivity contribution in [1.82, 2.24) is 14.7 Å². The largest absolute Gasteiger partial charge is 0.388 e. The first-order chi connectivity index (χ1) is 9.65. The Bertz CT molecular complexity index is 581. The minimum Gasteiger partial charge on any atom is -0.388 e. The molecule has 0 aliphatic heterocycles. The molecule has 2 heterocycles. The van der Waals surface area contributed by atoms with E-state index in [2.05, 4.69) is 10.3 Å². The molecule has 0 saturated heterocycles. The third-order valence-electron chi connectivity index (χ3n) is 3.90. The molecule has 1 aliphatic carbocycles. The SMILES string of the molecule is O=C(Cc1cn2ccccc2n1)NCC1(O)CCCC1. The Kier molecular flexibility index (Phi) is 3.44. The number of pyridine rings is 1. The molecule has 0 aromatic carbocycles. The molecule has 0 bridgehead atoms. The molecule has 0 atom stereocenters. The van der Waals surface area contributed by atoms with Crippen LogP contribution in [-0.2, 0) is 11.2 Å². The van der Waals surface area contributed by atoms with Crippen LogP contribution in [0.25, 0.3) is 5.65 Å². The van der Waals surface area contributed by atoms with E-state index < -0.39 is 5.60 Å². The van der Waals surface area contributed by atoms with Gasteiger partial charge in [-0.05, 0) is 25.0 Å². The minimum absolute atomic E-state index is 0.0891. The fourth-order valence-electron chi connectivity index (χ4n) is 2.77. The zero-order valence-corrected chi connectivity index (χ0v) is 11.4. The number of amides is 1. The summed E-state index contributed by atoms with van der Waals surface area (Å²) in [5.74, 6) is -0.0891. The zero-order valence-electron chi connectivity index (χ0n) is 11.4. The first-order valence-electron chi connectivity index (χ1n) is 7.06. The molecule has 1 saturated carbocycles. The van der Waals surface area contributed by atoms with Crippen LogP contribution in [0, 0.1) is 0 Å². The molecule has 5 nitrogen and oxygen atoms in total. The molecule has 5 heteroatoms. The van der Waals surface area contributed by atoms with Crippen molar-refractivity contribution < 1.29 is 9.90 Å². The van der Waals surface area contributed by atoms with E-state index in [9.17, 15) is 9.90 Å². The lowest BCUT2D eigenvalue weighted by Gasteiger charge is -2.22. The summed E-state index contributed by atoms with van der Waals surface area (Å²) in [4.78, 5) is 16.3. The lowest BCUT2D eigenvalue weighted by Crippen LogP contribution is -2.41. The second-order valence-corrected chi connectivity index (χ2v) is 5.58. The van der Waals surface area contributed by atoms with Gasteiger partial charge in [-0.25, -0.2) is 4.98 Å². The van der Waals surface area contributed by atoms with Crippen LogP contribution in [0.15, 0.2) is 30.6 Å². The van der Waals surface area contributed by atoms with E-state index in [0.29, 0.717) is 6.54 Å². The number of hydrogen-bond donors (Lipinski definition) is 2. The van der Waals surface area contributed by atoms with E-state index in [4.69, 9.17) is 0 Å². The summed E-state index contributed by atoms with van der Waals surface area (Å²) in [6.45, 7) is 0.346. The second kappa shape index (κ2) is 5.25. The van der Waals surface area contributed by atoms with Gasteiger partial charge in [0.15, 0.2) is 0 Å². The summed E-state index contributed by atoms with van der Waals surface area (Å²) in [5.41, 5.74) is 0.881. The summed E-state index contributed by atoms with van der Waals surface area (Å²) in [5, 5.41) is 13.0. The van der Waals surface area contributed by atoms with Crippen LogP contribution in [-0.4, -0.2) is 32.5 Å². The highest BCUT2D eigenvalue weighted by Gasteiger charge is 2.31. The molecule has 1 fully saturated rings. The zero-order chi connectivity index (χ0) is 14.0. The number of nitrogens with zero attached hydrogens (tertiary/aromatic N) is 2. The van der Waals surface area contributed by atoms with Crippen molar-refractivity contribution in [1.29, 1.82) is 0 Å². The fourth-order valence-corrected chi connectivity index (χ4v) is 2.77. The number of carbonyl (C=O) groups excluding carboxylic acids is 1. The molecule has 3 rings (SSSR count). The molecule has 1 aliphatic rings. The highest BCUT2D eigenvalue weighted by molar-refractivity contribution is 5.78. The van der Waals surface area contributed by atoms with Crippen molar-refractivity contribution in [2.45, 2.75) is 37.7 Å². The highest BCUT2D eigenvalue weighted by Crippen LogP contribution is 2.28. The van der Waals surface area contributed by atoms with E-state index in [0.717, 1.165) is 37.0 Å².